The molecule has 5 aromatic rings. The van der Waals surface area contributed by atoms with Gasteiger partial charge in [-0.2, -0.15) is 0 Å². The van der Waals surface area contributed by atoms with E-state index in [9.17, 15) is 4.79 Å². The van der Waals surface area contributed by atoms with E-state index in [1.54, 1.807) is 0 Å². The van der Waals surface area contributed by atoms with E-state index in [2.05, 4.69) is 76.2 Å². The SMILES string of the molecule is CC(=O)/C=C(/C)O.CC(C)Cc1ccc2c3c1oc1cc[c-]c(c13)-c1nc3ccccc3cc1C2(C)C.[Ir]. The predicted molar refractivity (Wildman–Crippen MR) is 151 cm³/mol. The Morgan fingerprint density at radius 2 is 1.82 bits per heavy atom. The molecule has 5 heteroatoms. The minimum absolute atomic E-state index is 0. The molecule has 1 aliphatic rings. The second kappa shape index (κ2) is 10.5. The van der Waals surface area contributed by atoms with Gasteiger partial charge in [-0.05, 0) is 59.8 Å². The minimum Gasteiger partial charge on any atom is -0.512 e. The summed E-state index contributed by atoms with van der Waals surface area (Å²) < 4.78 is 6.49. The fourth-order valence-electron chi connectivity index (χ4n) is 5.44. The molecule has 2 aromatic heterocycles. The number of para-hydroxylation sites is 1. The smallest absolute Gasteiger partial charge is 0.155 e. The van der Waals surface area contributed by atoms with Crippen LogP contribution in [-0.2, 0) is 36.7 Å². The van der Waals surface area contributed by atoms with E-state index in [4.69, 9.17) is 14.5 Å². The van der Waals surface area contributed by atoms with Crippen LogP contribution in [0.3, 0.4) is 0 Å². The van der Waals surface area contributed by atoms with Gasteiger partial charge in [0.25, 0.3) is 0 Å². The Balaban J connectivity index is 0.000000375. The summed E-state index contributed by atoms with van der Waals surface area (Å²) in [5, 5.41) is 11.9. The summed E-state index contributed by atoms with van der Waals surface area (Å²) >= 11 is 0. The Morgan fingerprint density at radius 3 is 2.47 bits per heavy atom. The summed E-state index contributed by atoms with van der Waals surface area (Å²) in [7, 11) is 0. The van der Waals surface area contributed by atoms with Gasteiger partial charge in [0, 0.05) is 31.6 Å². The van der Waals surface area contributed by atoms with Gasteiger partial charge >= 0.3 is 0 Å². The molecule has 1 radical (unpaired) electrons. The van der Waals surface area contributed by atoms with Gasteiger partial charge in [0.15, 0.2) is 5.78 Å². The Labute approximate surface area is 237 Å². The Morgan fingerprint density at radius 1 is 1.08 bits per heavy atom. The summed E-state index contributed by atoms with van der Waals surface area (Å²) in [6.45, 7) is 12.0. The minimum atomic E-state index is -0.204. The number of fused-ring (bicyclic) bond motifs is 3. The van der Waals surface area contributed by atoms with Crippen LogP contribution in [0.5, 0.6) is 0 Å². The normalized spacial score (nSPS) is 13.7. The summed E-state index contributed by atoms with van der Waals surface area (Å²) in [6, 6.07) is 22.8. The number of benzene rings is 3. The van der Waals surface area contributed by atoms with Crippen molar-refractivity contribution in [1.29, 1.82) is 0 Å². The molecule has 4 nitrogen and oxygen atoms in total. The van der Waals surface area contributed by atoms with Crippen molar-refractivity contribution in [3.05, 3.63) is 89.2 Å². The van der Waals surface area contributed by atoms with Crippen molar-refractivity contribution in [3.8, 4) is 11.3 Å². The number of rotatable bonds is 3. The number of ketones is 1. The maximum Gasteiger partial charge on any atom is 0.155 e. The number of aromatic nitrogens is 1. The van der Waals surface area contributed by atoms with Gasteiger partial charge in [0.2, 0.25) is 0 Å². The van der Waals surface area contributed by atoms with E-state index in [1.165, 1.54) is 47.4 Å². The van der Waals surface area contributed by atoms with Crippen molar-refractivity contribution in [2.75, 3.05) is 0 Å². The van der Waals surface area contributed by atoms with Gasteiger partial charge in [-0.1, -0.05) is 81.1 Å². The largest absolute Gasteiger partial charge is 0.512 e. The first-order valence-electron chi connectivity index (χ1n) is 12.8. The molecule has 3 aromatic carbocycles. The molecule has 0 aliphatic heterocycles. The van der Waals surface area contributed by atoms with Crippen LogP contribution in [0.1, 0.15) is 58.2 Å². The molecule has 0 fully saturated rings. The fourth-order valence-corrected chi connectivity index (χ4v) is 5.44. The number of carbonyl (C=O) groups excluding carboxylic acids is 1. The van der Waals surface area contributed by atoms with E-state index in [0.717, 1.165) is 39.7 Å². The average molecular weight is 683 g/mol. The molecule has 0 saturated heterocycles. The molecular formula is C33H32IrNO3-. The first kappa shape index (κ1) is 27.8. The number of hydrogen-bond donors (Lipinski definition) is 1. The topological polar surface area (TPSA) is 63.3 Å². The summed E-state index contributed by atoms with van der Waals surface area (Å²) in [4.78, 5) is 15.2. The maximum atomic E-state index is 10.0. The molecule has 1 aliphatic carbocycles. The molecule has 1 N–H and O–H groups in total. The Bertz CT molecular complexity index is 1700. The molecule has 38 heavy (non-hydrogen) atoms. The van der Waals surface area contributed by atoms with Gasteiger partial charge in [0.05, 0.1) is 16.9 Å². The number of nitrogens with zero attached hydrogens (tertiary/aromatic N) is 1. The van der Waals surface area contributed by atoms with Crippen molar-refractivity contribution in [3.63, 3.8) is 0 Å². The number of hydrogen-bond acceptors (Lipinski definition) is 4. The molecule has 0 atom stereocenters. The van der Waals surface area contributed by atoms with Crippen molar-refractivity contribution >= 4 is 38.6 Å². The van der Waals surface area contributed by atoms with Crippen LogP contribution < -0.4 is 0 Å². The van der Waals surface area contributed by atoms with Crippen LogP contribution in [-0.4, -0.2) is 15.9 Å². The Kier molecular flexibility index (Phi) is 7.65. The second-order valence-electron chi connectivity index (χ2n) is 10.9. The molecule has 0 spiro atoms. The number of carbonyl (C=O) groups is 1. The van der Waals surface area contributed by atoms with Crippen LogP contribution in [0.25, 0.3) is 44.1 Å². The van der Waals surface area contributed by atoms with Gasteiger partial charge in [-0.3, -0.25) is 9.78 Å². The Hall–Kier alpha value is -3.27. The van der Waals surface area contributed by atoms with Crippen molar-refractivity contribution in [1.82, 2.24) is 4.98 Å². The number of allylic oxidation sites excluding steroid dienone is 2. The monoisotopic (exact) mass is 683 g/mol. The molecule has 2 heterocycles. The van der Waals surface area contributed by atoms with Crippen LogP contribution in [0.4, 0.5) is 0 Å². The van der Waals surface area contributed by atoms with Gasteiger partial charge in [0.1, 0.15) is 5.58 Å². The third-order valence-electron chi connectivity index (χ3n) is 7.01. The predicted octanol–water partition coefficient (Wildman–Crippen LogP) is 8.47. The summed E-state index contributed by atoms with van der Waals surface area (Å²) in [5.74, 6) is 0.507. The van der Waals surface area contributed by atoms with Crippen LogP contribution >= 0.6 is 0 Å². The van der Waals surface area contributed by atoms with Crippen molar-refractivity contribution in [2.24, 2.45) is 5.92 Å². The van der Waals surface area contributed by atoms with Crippen molar-refractivity contribution < 1.29 is 34.4 Å². The van der Waals surface area contributed by atoms with E-state index in [0.29, 0.717) is 5.92 Å². The molecular weight excluding hydrogens is 651 g/mol. The standard InChI is InChI=1S/C28H24NO.C5H8O2.Ir/c1-16(2)14-18-12-13-20-25-24-19(9-7-11-23(24)30-27(18)25)26-21(28(20,3)4)15-17-8-5-6-10-22(17)29-26;1-4(6)3-5(2)7;/h5-8,10-13,15-16H,14H2,1-4H3;3,6H,1-2H3;/q-1;;/b;4-3-;. The zero-order valence-electron chi connectivity index (χ0n) is 22.6. The third kappa shape index (κ3) is 4.81. The number of aliphatic hydroxyl groups excluding tert-OH is 1. The average Bonchev–Trinajstić information content (AvgIpc) is 3.19. The molecule has 0 saturated carbocycles. The van der Waals surface area contributed by atoms with Gasteiger partial charge in [-0.25, -0.2) is 0 Å². The van der Waals surface area contributed by atoms with E-state index < -0.39 is 0 Å². The third-order valence-corrected chi connectivity index (χ3v) is 7.01. The van der Waals surface area contributed by atoms with Crippen LogP contribution in [0.15, 0.2) is 70.8 Å². The molecule has 197 valence electrons. The number of pyridine rings is 1. The zero-order chi connectivity index (χ0) is 26.5. The first-order valence-corrected chi connectivity index (χ1v) is 12.8. The zero-order valence-corrected chi connectivity index (χ0v) is 25.0. The first-order chi connectivity index (χ1) is 17.6. The van der Waals surface area contributed by atoms with E-state index in [1.807, 2.05) is 12.1 Å². The summed E-state index contributed by atoms with van der Waals surface area (Å²) in [6.07, 6.45) is 2.17. The van der Waals surface area contributed by atoms with Crippen LogP contribution in [0.2, 0.25) is 0 Å². The number of furan rings is 1. The van der Waals surface area contributed by atoms with E-state index >= 15 is 0 Å². The maximum absolute atomic E-state index is 10.0. The molecule has 0 unspecified atom stereocenters. The molecule has 6 rings (SSSR count). The quantitative estimate of drug-likeness (QED) is 0.118. The fraction of sp³-hybridized carbons (Fsp3) is 0.273. The second-order valence-corrected chi connectivity index (χ2v) is 10.9. The van der Waals surface area contributed by atoms with E-state index in [-0.39, 0.29) is 37.1 Å². The van der Waals surface area contributed by atoms with Crippen LogP contribution in [0, 0.1) is 12.0 Å². The summed E-state index contributed by atoms with van der Waals surface area (Å²) in [5.41, 5.74) is 8.69. The number of aliphatic hydroxyl groups is 1. The molecule has 0 bridgehead atoms. The molecule has 0 amide bonds. The van der Waals surface area contributed by atoms with Crippen molar-refractivity contribution in [2.45, 2.75) is 53.4 Å². The van der Waals surface area contributed by atoms with Gasteiger partial charge in [-0.15, -0.1) is 17.7 Å². The van der Waals surface area contributed by atoms with Gasteiger partial charge < -0.3 is 9.52 Å².